The number of anilines is 1. The van der Waals surface area contributed by atoms with Gasteiger partial charge in [-0.2, -0.15) is 0 Å². The third kappa shape index (κ3) is 4.52. The fraction of sp³-hybridized carbons (Fsp3) is 0.0909. The Bertz CT molecular complexity index is 1170. The number of benzene rings is 3. The second kappa shape index (κ2) is 8.28. The maximum atomic E-state index is 12.9. The summed E-state index contributed by atoms with van der Waals surface area (Å²) < 4.78 is 33.1. The van der Waals surface area contributed by atoms with Crippen LogP contribution in [-0.2, 0) is 14.8 Å². The third-order valence-corrected chi connectivity index (χ3v) is 5.69. The number of Topliss-reactive ketones (excluding diaryl/α,β-unsaturated/α-hetero) is 1. The summed E-state index contributed by atoms with van der Waals surface area (Å²) in [6.45, 7) is 1.36. The molecule has 3 aromatic rings. The van der Waals surface area contributed by atoms with Gasteiger partial charge in [0.25, 0.3) is 10.0 Å². The lowest BCUT2D eigenvalue weighted by Crippen LogP contribution is -2.16. The molecule has 0 bridgehead atoms. The lowest BCUT2D eigenvalue weighted by Gasteiger charge is -2.14. The van der Waals surface area contributed by atoms with Gasteiger partial charge < -0.3 is 4.74 Å². The number of carbonyl (C=O) groups is 2. The van der Waals surface area contributed by atoms with Gasteiger partial charge in [0.05, 0.1) is 23.3 Å². The van der Waals surface area contributed by atoms with E-state index in [1.165, 1.54) is 44.4 Å². The maximum absolute atomic E-state index is 12.9. The first-order valence-electron chi connectivity index (χ1n) is 8.73. The summed E-state index contributed by atoms with van der Waals surface area (Å²) in [4.78, 5) is 23.7. The SMILES string of the molecule is COC(=O)c1ccc(-c2ccccc2)cc1NS(=O)(=O)c1cccc(C(C)=O)c1. The monoisotopic (exact) mass is 409 g/mol. The Morgan fingerprint density at radius 3 is 2.24 bits per heavy atom. The van der Waals surface area contributed by atoms with Crippen molar-refractivity contribution < 1.29 is 22.7 Å². The molecule has 0 fully saturated rings. The lowest BCUT2D eigenvalue weighted by atomic mass is 10.0. The molecule has 0 saturated heterocycles. The van der Waals surface area contributed by atoms with Gasteiger partial charge in [-0.25, -0.2) is 13.2 Å². The number of hydrogen-bond donors (Lipinski definition) is 1. The number of hydrogen-bond acceptors (Lipinski definition) is 5. The number of ketones is 1. The van der Waals surface area contributed by atoms with Crippen molar-refractivity contribution in [1.82, 2.24) is 0 Å². The van der Waals surface area contributed by atoms with Crippen LogP contribution in [0, 0.1) is 0 Å². The molecule has 6 nitrogen and oxygen atoms in total. The van der Waals surface area contributed by atoms with Crippen LogP contribution >= 0.6 is 0 Å². The van der Waals surface area contributed by atoms with Crippen molar-refractivity contribution in [3.05, 3.63) is 83.9 Å². The highest BCUT2D eigenvalue weighted by atomic mass is 32.2. The molecular formula is C22H19NO5S. The molecule has 0 saturated carbocycles. The largest absolute Gasteiger partial charge is 0.465 e. The molecule has 0 atom stereocenters. The van der Waals surface area contributed by atoms with Gasteiger partial charge in [0.1, 0.15) is 0 Å². The Kier molecular flexibility index (Phi) is 5.79. The molecule has 7 heteroatoms. The van der Waals surface area contributed by atoms with Crippen LogP contribution in [0.2, 0.25) is 0 Å². The molecule has 1 N–H and O–H groups in total. The fourth-order valence-corrected chi connectivity index (χ4v) is 3.93. The van der Waals surface area contributed by atoms with Gasteiger partial charge in [-0.1, -0.05) is 48.5 Å². The molecule has 0 aliphatic heterocycles. The molecule has 0 unspecified atom stereocenters. The van der Waals surface area contributed by atoms with Crippen LogP contribution in [0.1, 0.15) is 27.6 Å². The van der Waals surface area contributed by atoms with E-state index in [2.05, 4.69) is 4.72 Å². The molecule has 0 amide bonds. The maximum Gasteiger partial charge on any atom is 0.339 e. The number of ether oxygens (including phenoxy) is 1. The summed E-state index contributed by atoms with van der Waals surface area (Å²) in [6, 6.07) is 19.9. The number of rotatable bonds is 6. The molecule has 148 valence electrons. The number of nitrogens with one attached hydrogen (secondary N) is 1. The van der Waals surface area contributed by atoms with Crippen LogP contribution in [0.15, 0.2) is 77.7 Å². The van der Waals surface area contributed by atoms with Crippen molar-refractivity contribution >= 4 is 27.5 Å². The van der Waals surface area contributed by atoms with Crippen molar-refractivity contribution in [3.8, 4) is 11.1 Å². The van der Waals surface area contributed by atoms with Crippen LogP contribution in [0.5, 0.6) is 0 Å². The van der Waals surface area contributed by atoms with E-state index in [1.54, 1.807) is 12.1 Å². The number of methoxy groups -OCH3 is 1. The Balaban J connectivity index is 2.07. The summed E-state index contributed by atoms with van der Waals surface area (Å²) >= 11 is 0. The lowest BCUT2D eigenvalue weighted by molar-refractivity contribution is 0.0602. The van der Waals surface area contributed by atoms with E-state index in [1.807, 2.05) is 30.3 Å². The Labute approximate surface area is 169 Å². The Morgan fingerprint density at radius 2 is 1.59 bits per heavy atom. The predicted molar refractivity (Wildman–Crippen MR) is 110 cm³/mol. The second-order valence-electron chi connectivity index (χ2n) is 6.31. The van der Waals surface area contributed by atoms with Crippen LogP contribution < -0.4 is 4.72 Å². The number of sulfonamides is 1. The van der Waals surface area contributed by atoms with Crippen LogP contribution in [-0.4, -0.2) is 27.3 Å². The minimum atomic E-state index is -4.04. The highest BCUT2D eigenvalue weighted by Gasteiger charge is 2.21. The third-order valence-electron chi connectivity index (χ3n) is 4.33. The standard InChI is InChI=1S/C22H19NO5S/c1-15(24)17-9-6-10-19(13-17)29(26,27)23-21-14-18(16-7-4-3-5-8-16)11-12-20(21)22(25)28-2/h3-14,23H,1-2H3. The van der Waals surface area contributed by atoms with E-state index < -0.39 is 16.0 Å². The van der Waals surface area contributed by atoms with E-state index in [0.717, 1.165) is 11.1 Å². The molecular weight excluding hydrogens is 390 g/mol. The van der Waals surface area contributed by atoms with Crippen molar-refractivity contribution in [1.29, 1.82) is 0 Å². The molecule has 3 rings (SSSR count). The van der Waals surface area contributed by atoms with Crippen molar-refractivity contribution in [2.45, 2.75) is 11.8 Å². The highest BCUT2D eigenvalue weighted by Crippen LogP contribution is 2.28. The summed E-state index contributed by atoms with van der Waals surface area (Å²) in [6.07, 6.45) is 0. The molecule has 29 heavy (non-hydrogen) atoms. The zero-order valence-corrected chi connectivity index (χ0v) is 16.7. The highest BCUT2D eigenvalue weighted by molar-refractivity contribution is 7.92. The summed E-state index contributed by atoms with van der Waals surface area (Å²) in [5.41, 5.74) is 2.04. The Morgan fingerprint density at radius 1 is 0.862 bits per heavy atom. The average molecular weight is 409 g/mol. The normalized spacial score (nSPS) is 11.0. The van der Waals surface area contributed by atoms with Gasteiger partial charge >= 0.3 is 5.97 Å². The first-order chi connectivity index (χ1) is 13.8. The van der Waals surface area contributed by atoms with Crippen LogP contribution in [0.4, 0.5) is 5.69 Å². The van der Waals surface area contributed by atoms with Gasteiger partial charge in [-0.3, -0.25) is 9.52 Å². The van der Waals surface area contributed by atoms with Crippen LogP contribution in [0.3, 0.4) is 0 Å². The van der Waals surface area contributed by atoms with Gasteiger partial charge in [-0.05, 0) is 42.3 Å². The first-order valence-corrected chi connectivity index (χ1v) is 10.2. The molecule has 0 radical (unpaired) electrons. The van der Waals surface area contributed by atoms with Crippen molar-refractivity contribution in [3.63, 3.8) is 0 Å². The zero-order chi connectivity index (χ0) is 21.0. The minimum Gasteiger partial charge on any atom is -0.465 e. The van der Waals surface area contributed by atoms with Gasteiger partial charge in [0, 0.05) is 5.56 Å². The molecule has 3 aromatic carbocycles. The topological polar surface area (TPSA) is 89.5 Å². The van der Waals surface area contributed by atoms with Gasteiger partial charge in [0.2, 0.25) is 0 Å². The molecule has 0 aromatic heterocycles. The van der Waals surface area contributed by atoms with Crippen LogP contribution in [0.25, 0.3) is 11.1 Å². The smallest absolute Gasteiger partial charge is 0.339 e. The number of esters is 1. The van der Waals surface area contributed by atoms with E-state index in [0.29, 0.717) is 0 Å². The van der Waals surface area contributed by atoms with E-state index in [9.17, 15) is 18.0 Å². The zero-order valence-electron chi connectivity index (χ0n) is 15.9. The first kappa shape index (κ1) is 20.3. The van der Waals surface area contributed by atoms with E-state index in [-0.39, 0.29) is 27.5 Å². The Hall–Kier alpha value is -3.45. The molecule has 0 heterocycles. The van der Waals surface area contributed by atoms with Crippen molar-refractivity contribution in [2.24, 2.45) is 0 Å². The fourth-order valence-electron chi connectivity index (χ4n) is 2.81. The summed E-state index contributed by atoms with van der Waals surface area (Å²) in [5.74, 6) is -0.914. The second-order valence-corrected chi connectivity index (χ2v) is 7.99. The van der Waals surface area contributed by atoms with E-state index in [4.69, 9.17) is 4.74 Å². The van der Waals surface area contributed by atoms with Gasteiger partial charge in [-0.15, -0.1) is 0 Å². The van der Waals surface area contributed by atoms with Gasteiger partial charge in [0.15, 0.2) is 5.78 Å². The van der Waals surface area contributed by atoms with E-state index >= 15 is 0 Å². The summed E-state index contributed by atoms with van der Waals surface area (Å²) in [5, 5.41) is 0. The predicted octanol–water partition coefficient (Wildman–Crippen LogP) is 4.14. The van der Waals surface area contributed by atoms with Crippen molar-refractivity contribution in [2.75, 3.05) is 11.8 Å². The average Bonchev–Trinajstić information content (AvgIpc) is 2.73. The molecule has 0 aliphatic rings. The number of carbonyl (C=O) groups excluding carboxylic acids is 2. The quantitative estimate of drug-likeness (QED) is 0.488. The molecule has 0 spiro atoms. The minimum absolute atomic E-state index is 0.0777. The summed E-state index contributed by atoms with van der Waals surface area (Å²) in [7, 11) is -2.82. The molecule has 0 aliphatic carbocycles.